The summed E-state index contributed by atoms with van der Waals surface area (Å²) >= 11 is 0. The zero-order chi connectivity index (χ0) is 18.0. The number of amides is 1. The van der Waals surface area contributed by atoms with E-state index in [1.54, 1.807) is 6.20 Å². The molecule has 1 fully saturated rings. The van der Waals surface area contributed by atoms with E-state index in [2.05, 4.69) is 35.4 Å². The fourth-order valence-corrected chi connectivity index (χ4v) is 3.69. The van der Waals surface area contributed by atoms with Crippen LogP contribution in [-0.2, 0) is 17.8 Å². The quantitative estimate of drug-likeness (QED) is 0.839. The maximum Gasteiger partial charge on any atom is 0.227 e. The van der Waals surface area contributed by atoms with Crippen molar-refractivity contribution >= 4 is 5.91 Å². The van der Waals surface area contributed by atoms with Crippen LogP contribution < -0.4 is 0 Å². The number of rotatable bonds is 5. The molecule has 0 aliphatic carbocycles. The Kier molecular flexibility index (Phi) is 5.25. The summed E-state index contributed by atoms with van der Waals surface area (Å²) < 4.78 is 4.17. The molecule has 3 rings (SSSR count). The minimum absolute atomic E-state index is 0.208. The maximum absolute atomic E-state index is 12.9. The van der Waals surface area contributed by atoms with Crippen molar-refractivity contribution in [3.63, 3.8) is 0 Å². The van der Waals surface area contributed by atoms with Gasteiger partial charge in [-0.1, -0.05) is 13.8 Å². The normalized spacial score (nSPS) is 18.1. The lowest BCUT2D eigenvalue weighted by molar-refractivity contribution is -0.132. The van der Waals surface area contributed by atoms with E-state index in [0.717, 1.165) is 49.4 Å². The van der Waals surface area contributed by atoms with Gasteiger partial charge in [-0.05, 0) is 32.6 Å². The Bertz CT molecular complexity index is 717. The van der Waals surface area contributed by atoms with E-state index in [-0.39, 0.29) is 5.91 Å². The molecular weight excluding hydrogens is 314 g/mol. The van der Waals surface area contributed by atoms with Gasteiger partial charge in [-0.25, -0.2) is 4.98 Å². The number of aromatic nitrogens is 4. The highest BCUT2D eigenvalue weighted by Gasteiger charge is 2.26. The predicted octanol–water partition coefficient (Wildman–Crippen LogP) is 2.76. The first-order valence-corrected chi connectivity index (χ1v) is 9.23. The van der Waals surface area contributed by atoms with Crippen LogP contribution in [-0.4, -0.2) is 43.2 Å². The van der Waals surface area contributed by atoms with Gasteiger partial charge in [-0.2, -0.15) is 5.10 Å². The summed E-state index contributed by atoms with van der Waals surface area (Å²) in [7, 11) is 0. The molecule has 3 heterocycles. The third-order valence-corrected chi connectivity index (χ3v) is 5.09. The van der Waals surface area contributed by atoms with Gasteiger partial charge in [-0.3, -0.25) is 9.48 Å². The van der Waals surface area contributed by atoms with Crippen LogP contribution in [0.25, 0.3) is 0 Å². The smallest absolute Gasteiger partial charge is 0.227 e. The summed E-state index contributed by atoms with van der Waals surface area (Å²) in [5.41, 5.74) is 3.20. The molecule has 0 radical (unpaired) electrons. The van der Waals surface area contributed by atoms with Crippen LogP contribution >= 0.6 is 0 Å². The summed E-state index contributed by atoms with van der Waals surface area (Å²) in [6.07, 6.45) is 8.23. The summed E-state index contributed by atoms with van der Waals surface area (Å²) in [5, 5.41) is 4.64. The average Bonchev–Trinajstić information content (AvgIpc) is 3.19. The van der Waals surface area contributed by atoms with Crippen LogP contribution in [0.2, 0.25) is 0 Å². The first-order valence-electron chi connectivity index (χ1n) is 9.23. The molecule has 2 aromatic rings. The third-order valence-electron chi connectivity index (χ3n) is 5.09. The predicted molar refractivity (Wildman–Crippen MR) is 97.3 cm³/mol. The second kappa shape index (κ2) is 7.42. The van der Waals surface area contributed by atoms with E-state index in [1.165, 1.54) is 0 Å². The van der Waals surface area contributed by atoms with Crippen LogP contribution in [0.5, 0.6) is 0 Å². The second-order valence-corrected chi connectivity index (χ2v) is 7.55. The van der Waals surface area contributed by atoms with Crippen LogP contribution in [0.1, 0.15) is 49.7 Å². The standard InChI is InChI=1S/C19H29N5O/c1-14(2)11-24-16(4)18(15(3)21-24)10-19(25)22-8-5-6-17(12-22)23-9-7-20-13-23/h7,9,13-14,17H,5-6,8,10-12H2,1-4H3/t17-/m1/s1. The number of hydrogen-bond donors (Lipinski definition) is 0. The van der Waals surface area contributed by atoms with Crippen LogP contribution in [0.3, 0.4) is 0 Å². The Morgan fingerprint density at radius 3 is 2.84 bits per heavy atom. The molecule has 0 saturated carbocycles. The molecular formula is C19H29N5O. The Balaban J connectivity index is 1.69. The van der Waals surface area contributed by atoms with Gasteiger partial charge in [0.2, 0.25) is 5.91 Å². The summed E-state index contributed by atoms with van der Waals surface area (Å²) in [5.74, 6) is 0.750. The van der Waals surface area contributed by atoms with Gasteiger partial charge >= 0.3 is 0 Å². The van der Waals surface area contributed by atoms with E-state index in [0.29, 0.717) is 18.4 Å². The minimum Gasteiger partial charge on any atom is -0.340 e. The van der Waals surface area contributed by atoms with Gasteiger partial charge in [0.05, 0.1) is 24.5 Å². The molecule has 1 aliphatic heterocycles. The molecule has 0 unspecified atom stereocenters. The topological polar surface area (TPSA) is 56.0 Å². The van der Waals surface area contributed by atoms with Crippen molar-refractivity contribution in [2.45, 2.75) is 59.5 Å². The van der Waals surface area contributed by atoms with E-state index in [9.17, 15) is 4.79 Å². The maximum atomic E-state index is 12.9. The van der Waals surface area contributed by atoms with Crippen molar-refractivity contribution < 1.29 is 4.79 Å². The molecule has 136 valence electrons. The number of imidazole rings is 1. The van der Waals surface area contributed by atoms with Crippen molar-refractivity contribution in [3.05, 3.63) is 35.7 Å². The Hall–Kier alpha value is -2.11. The van der Waals surface area contributed by atoms with Gasteiger partial charge in [0, 0.05) is 43.3 Å². The zero-order valence-corrected chi connectivity index (χ0v) is 15.8. The molecule has 25 heavy (non-hydrogen) atoms. The van der Waals surface area contributed by atoms with Gasteiger partial charge in [0.1, 0.15) is 0 Å². The number of likely N-dealkylation sites (tertiary alicyclic amines) is 1. The Labute approximate surface area is 149 Å². The summed E-state index contributed by atoms with van der Waals surface area (Å²) in [6, 6.07) is 0.339. The number of aryl methyl sites for hydroxylation is 1. The molecule has 1 saturated heterocycles. The average molecular weight is 343 g/mol. The van der Waals surface area contributed by atoms with E-state index in [4.69, 9.17) is 0 Å². The highest BCUT2D eigenvalue weighted by Crippen LogP contribution is 2.23. The van der Waals surface area contributed by atoms with Gasteiger partial charge in [-0.15, -0.1) is 0 Å². The van der Waals surface area contributed by atoms with Gasteiger partial charge in [0.25, 0.3) is 0 Å². The van der Waals surface area contributed by atoms with E-state index in [1.807, 2.05) is 29.0 Å². The van der Waals surface area contributed by atoms with Crippen molar-refractivity contribution in [2.24, 2.45) is 5.92 Å². The lowest BCUT2D eigenvalue weighted by atomic mass is 10.0. The molecule has 0 N–H and O–H groups in total. The summed E-state index contributed by atoms with van der Waals surface area (Å²) in [4.78, 5) is 19.0. The van der Waals surface area contributed by atoms with Crippen molar-refractivity contribution in [2.75, 3.05) is 13.1 Å². The Morgan fingerprint density at radius 1 is 1.36 bits per heavy atom. The molecule has 0 bridgehead atoms. The molecule has 1 aliphatic rings. The lowest BCUT2D eigenvalue weighted by Crippen LogP contribution is -2.41. The Morgan fingerprint density at radius 2 is 2.16 bits per heavy atom. The fraction of sp³-hybridized carbons (Fsp3) is 0.632. The van der Waals surface area contributed by atoms with E-state index < -0.39 is 0 Å². The van der Waals surface area contributed by atoms with Gasteiger partial charge in [0.15, 0.2) is 0 Å². The number of carbonyl (C=O) groups is 1. The molecule has 2 aromatic heterocycles. The van der Waals surface area contributed by atoms with Gasteiger partial charge < -0.3 is 9.47 Å². The molecule has 6 nitrogen and oxygen atoms in total. The highest BCUT2D eigenvalue weighted by atomic mass is 16.2. The first-order chi connectivity index (χ1) is 12.0. The largest absolute Gasteiger partial charge is 0.340 e. The zero-order valence-electron chi connectivity index (χ0n) is 15.8. The third kappa shape index (κ3) is 3.94. The molecule has 0 spiro atoms. The number of hydrogen-bond acceptors (Lipinski definition) is 3. The van der Waals surface area contributed by atoms with Crippen LogP contribution in [0.4, 0.5) is 0 Å². The first kappa shape index (κ1) is 17.7. The van der Waals surface area contributed by atoms with Crippen LogP contribution in [0, 0.1) is 19.8 Å². The molecule has 1 atom stereocenters. The fourth-order valence-electron chi connectivity index (χ4n) is 3.69. The highest BCUT2D eigenvalue weighted by molar-refractivity contribution is 5.79. The summed E-state index contributed by atoms with van der Waals surface area (Å²) in [6.45, 7) is 11.0. The lowest BCUT2D eigenvalue weighted by Gasteiger charge is -2.33. The SMILES string of the molecule is Cc1nn(CC(C)C)c(C)c1CC(=O)N1CCC[C@@H](n2ccnc2)C1. The van der Waals surface area contributed by atoms with Crippen molar-refractivity contribution in [1.82, 2.24) is 24.2 Å². The minimum atomic E-state index is 0.208. The number of nitrogens with zero attached hydrogens (tertiary/aromatic N) is 5. The molecule has 1 amide bonds. The van der Waals surface area contributed by atoms with Crippen molar-refractivity contribution in [3.8, 4) is 0 Å². The number of carbonyl (C=O) groups excluding carboxylic acids is 1. The second-order valence-electron chi connectivity index (χ2n) is 7.55. The molecule has 6 heteroatoms. The number of piperidine rings is 1. The van der Waals surface area contributed by atoms with E-state index >= 15 is 0 Å². The van der Waals surface area contributed by atoms with Crippen LogP contribution in [0.15, 0.2) is 18.7 Å². The monoisotopic (exact) mass is 343 g/mol. The molecule has 0 aromatic carbocycles. The van der Waals surface area contributed by atoms with Crippen molar-refractivity contribution in [1.29, 1.82) is 0 Å².